The van der Waals surface area contributed by atoms with Gasteiger partial charge >= 0.3 is 0 Å². The molecule has 0 bridgehead atoms. The highest BCUT2D eigenvalue weighted by Crippen LogP contribution is 2.28. The molecule has 1 aliphatic heterocycles. The van der Waals surface area contributed by atoms with Crippen LogP contribution in [0.5, 0.6) is 0 Å². The van der Waals surface area contributed by atoms with Crippen molar-refractivity contribution < 1.29 is 13.6 Å². The Kier molecular flexibility index (Phi) is 3.58. The van der Waals surface area contributed by atoms with E-state index in [-0.39, 0.29) is 22.9 Å². The van der Waals surface area contributed by atoms with Gasteiger partial charge in [0.15, 0.2) is 0 Å². The lowest BCUT2D eigenvalue weighted by Gasteiger charge is -2.42. The topological polar surface area (TPSA) is 46.3 Å². The third-order valence-corrected chi connectivity index (χ3v) is 3.71. The first kappa shape index (κ1) is 13.9. The van der Waals surface area contributed by atoms with Crippen LogP contribution in [0.25, 0.3) is 0 Å². The molecule has 1 fully saturated rings. The summed E-state index contributed by atoms with van der Waals surface area (Å²) in [4.78, 5) is 13.9. The van der Waals surface area contributed by atoms with Gasteiger partial charge in [0, 0.05) is 30.8 Å². The van der Waals surface area contributed by atoms with E-state index < -0.39 is 11.6 Å². The first-order chi connectivity index (χ1) is 8.79. The van der Waals surface area contributed by atoms with Crippen LogP contribution >= 0.6 is 0 Å². The van der Waals surface area contributed by atoms with Crippen molar-refractivity contribution >= 4 is 5.91 Å². The quantitative estimate of drug-likeness (QED) is 0.848. The Hall–Kier alpha value is -1.49. The molecule has 0 radical (unpaired) electrons. The zero-order valence-electron chi connectivity index (χ0n) is 11.1. The van der Waals surface area contributed by atoms with E-state index >= 15 is 0 Å². The summed E-state index contributed by atoms with van der Waals surface area (Å²) in [6, 6.07) is 2.91. The van der Waals surface area contributed by atoms with Gasteiger partial charge in [-0.2, -0.15) is 0 Å². The van der Waals surface area contributed by atoms with Crippen molar-refractivity contribution in [2.24, 2.45) is 11.1 Å². The Morgan fingerprint density at radius 3 is 2.42 bits per heavy atom. The molecule has 1 aromatic carbocycles. The zero-order chi connectivity index (χ0) is 14.2. The molecule has 5 heteroatoms. The zero-order valence-corrected chi connectivity index (χ0v) is 11.1. The molecule has 3 nitrogen and oxygen atoms in total. The Balaban J connectivity index is 2.20. The molecule has 1 aromatic rings. The van der Waals surface area contributed by atoms with E-state index in [2.05, 4.69) is 0 Å². The Labute approximate surface area is 111 Å². The number of benzene rings is 1. The number of hydrogen-bond acceptors (Lipinski definition) is 2. The third-order valence-electron chi connectivity index (χ3n) is 3.71. The molecule has 104 valence electrons. The number of carbonyl (C=O) groups is 1. The minimum absolute atomic E-state index is 0.0285. The second-order valence-corrected chi connectivity index (χ2v) is 5.77. The number of nitrogens with zero attached hydrogens (tertiary/aromatic N) is 1. The van der Waals surface area contributed by atoms with Gasteiger partial charge in [0.25, 0.3) is 5.91 Å². The van der Waals surface area contributed by atoms with E-state index in [1.165, 1.54) is 0 Å². The van der Waals surface area contributed by atoms with Crippen LogP contribution in [-0.4, -0.2) is 29.9 Å². The maximum absolute atomic E-state index is 13.1. The fraction of sp³-hybridized carbons (Fsp3) is 0.500. The fourth-order valence-electron chi connectivity index (χ4n) is 2.41. The smallest absolute Gasteiger partial charge is 0.254 e. The van der Waals surface area contributed by atoms with Crippen LogP contribution in [0.3, 0.4) is 0 Å². The Morgan fingerprint density at radius 2 is 1.89 bits per heavy atom. The van der Waals surface area contributed by atoms with E-state index in [9.17, 15) is 13.6 Å². The summed E-state index contributed by atoms with van der Waals surface area (Å²) in [5.41, 5.74) is 5.85. The van der Waals surface area contributed by atoms with E-state index in [0.717, 1.165) is 18.2 Å². The summed E-state index contributed by atoms with van der Waals surface area (Å²) in [5.74, 6) is -1.83. The van der Waals surface area contributed by atoms with E-state index in [4.69, 9.17) is 5.73 Å². The van der Waals surface area contributed by atoms with Gasteiger partial charge in [-0.1, -0.05) is 13.8 Å². The number of halogens is 2. The van der Waals surface area contributed by atoms with E-state index in [0.29, 0.717) is 19.5 Å². The van der Waals surface area contributed by atoms with Gasteiger partial charge in [-0.05, 0) is 24.0 Å². The predicted octanol–water partition coefficient (Wildman–Crippen LogP) is 2.16. The standard InChI is InChI=1S/C14H18F2N2O/c1-14(2)8-18(4-3-12(14)17)13(19)9-5-10(15)7-11(16)6-9/h5-7,12H,3-4,8,17H2,1-2H3. The number of piperidine rings is 1. The van der Waals surface area contributed by atoms with Crippen molar-refractivity contribution in [3.63, 3.8) is 0 Å². The van der Waals surface area contributed by atoms with Crippen LogP contribution in [0.2, 0.25) is 0 Å². The molecule has 0 saturated carbocycles. The monoisotopic (exact) mass is 268 g/mol. The molecule has 1 atom stereocenters. The van der Waals surface area contributed by atoms with Gasteiger partial charge in [-0.15, -0.1) is 0 Å². The van der Waals surface area contributed by atoms with Gasteiger partial charge in [0.05, 0.1) is 0 Å². The second kappa shape index (κ2) is 4.89. The molecule has 1 amide bonds. The Morgan fingerprint density at radius 1 is 1.32 bits per heavy atom. The average molecular weight is 268 g/mol. The maximum Gasteiger partial charge on any atom is 0.254 e. The van der Waals surface area contributed by atoms with Crippen LogP contribution in [0, 0.1) is 17.0 Å². The second-order valence-electron chi connectivity index (χ2n) is 5.77. The number of nitrogens with two attached hydrogens (primary N) is 1. The molecule has 19 heavy (non-hydrogen) atoms. The van der Waals surface area contributed by atoms with Crippen LogP contribution in [0.4, 0.5) is 8.78 Å². The van der Waals surface area contributed by atoms with E-state index in [1.54, 1.807) is 4.90 Å². The maximum atomic E-state index is 13.1. The summed E-state index contributed by atoms with van der Waals surface area (Å²) in [5, 5.41) is 0. The van der Waals surface area contributed by atoms with Crippen LogP contribution in [-0.2, 0) is 0 Å². The minimum atomic E-state index is -0.740. The fourth-order valence-corrected chi connectivity index (χ4v) is 2.41. The molecule has 0 aromatic heterocycles. The minimum Gasteiger partial charge on any atom is -0.338 e. The van der Waals surface area contributed by atoms with Crippen LogP contribution in [0.1, 0.15) is 30.6 Å². The third kappa shape index (κ3) is 2.92. The molecule has 2 N–H and O–H groups in total. The van der Waals surface area contributed by atoms with Crippen LogP contribution in [0.15, 0.2) is 18.2 Å². The van der Waals surface area contributed by atoms with Crippen molar-refractivity contribution in [3.8, 4) is 0 Å². The van der Waals surface area contributed by atoms with Crippen molar-refractivity contribution in [2.45, 2.75) is 26.3 Å². The molecular weight excluding hydrogens is 250 g/mol. The van der Waals surface area contributed by atoms with Crippen molar-refractivity contribution in [1.82, 2.24) is 4.90 Å². The summed E-state index contributed by atoms with van der Waals surface area (Å²) in [6.45, 7) is 4.99. The van der Waals surface area contributed by atoms with Crippen molar-refractivity contribution in [2.75, 3.05) is 13.1 Å². The lowest BCUT2D eigenvalue weighted by Crippen LogP contribution is -2.54. The number of hydrogen-bond donors (Lipinski definition) is 1. The first-order valence-corrected chi connectivity index (χ1v) is 6.30. The number of carbonyl (C=O) groups excluding carboxylic acids is 1. The molecule has 1 saturated heterocycles. The SMILES string of the molecule is CC1(C)CN(C(=O)c2cc(F)cc(F)c2)CCC1N. The summed E-state index contributed by atoms with van der Waals surface area (Å²) >= 11 is 0. The van der Waals surface area contributed by atoms with Gasteiger partial charge in [0.1, 0.15) is 11.6 Å². The van der Waals surface area contributed by atoms with Crippen molar-refractivity contribution in [1.29, 1.82) is 0 Å². The van der Waals surface area contributed by atoms with Gasteiger partial charge in [-0.3, -0.25) is 4.79 Å². The van der Waals surface area contributed by atoms with Gasteiger partial charge < -0.3 is 10.6 Å². The van der Waals surface area contributed by atoms with E-state index in [1.807, 2.05) is 13.8 Å². The Bertz CT molecular complexity index is 482. The highest BCUT2D eigenvalue weighted by molar-refractivity contribution is 5.94. The molecule has 1 aliphatic rings. The van der Waals surface area contributed by atoms with Gasteiger partial charge in [-0.25, -0.2) is 8.78 Å². The predicted molar refractivity (Wildman–Crippen MR) is 68.6 cm³/mol. The molecule has 2 rings (SSSR count). The highest BCUT2D eigenvalue weighted by Gasteiger charge is 2.35. The lowest BCUT2D eigenvalue weighted by atomic mass is 9.79. The molecule has 0 aliphatic carbocycles. The summed E-state index contributed by atoms with van der Waals surface area (Å²) in [6.07, 6.45) is 0.691. The molecule has 1 heterocycles. The van der Waals surface area contributed by atoms with Crippen LogP contribution < -0.4 is 5.73 Å². The molecule has 0 spiro atoms. The average Bonchev–Trinajstić information content (AvgIpc) is 2.30. The summed E-state index contributed by atoms with van der Waals surface area (Å²) < 4.78 is 26.3. The lowest BCUT2D eigenvalue weighted by molar-refractivity contribution is 0.0532. The highest BCUT2D eigenvalue weighted by atomic mass is 19.1. The number of rotatable bonds is 1. The number of amides is 1. The van der Waals surface area contributed by atoms with Crippen molar-refractivity contribution in [3.05, 3.63) is 35.4 Å². The molecular formula is C14H18F2N2O. The largest absolute Gasteiger partial charge is 0.338 e. The van der Waals surface area contributed by atoms with Gasteiger partial charge in [0.2, 0.25) is 0 Å². The summed E-state index contributed by atoms with van der Waals surface area (Å²) in [7, 11) is 0. The molecule has 1 unspecified atom stereocenters. The normalized spacial score (nSPS) is 22.4. The number of likely N-dealkylation sites (tertiary alicyclic amines) is 1. The first-order valence-electron chi connectivity index (χ1n) is 6.30.